The van der Waals surface area contributed by atoms with Crippen molar-refractivity contribution in [1.29, 1.82) is 0 Å². The molecule has 1 aliphatic heterocycles. The third-order valence-corrected chi connectivity index (χ3v) is 3.93. The summed E-state index contributed by atoms with van der Waals surface area (Å²) in [7, 11) is 0. The van der Waals surface area contributed by atoms with Crippen LogP contribution in [0.2, 0.25) is 0 Å². The summed E-state index contributed by atoms with van der Waals surface area (Å²) >= 11 is 0. The molecule has 1 atom stereocenters. The molecule has 0 bridgehead atoms. The van der Waals surface area contributed by atoms with Crippen molar-refractivity contribution in [2.24, 2.45) is 11.1 Å². The fourth-order valence-electron chi connectivity index (χ4n) is 2.38. The van der Waals surface area contributed by atoms with Crippen molar-refractivity contribution in [3.63, 3.8) is 0 Å². The molecular formula is C15H20N2O3. The summed E-state index contributed by atoms with van der Waals surface area (Å²) in [6.45, 7) is 2.91. The second-order valence-electron chi connectivity index (χ2n) is 5.25. The molecule has 0 aromatic heterocycles. The summed E-state index contributed by atoms with van der Waals surface area (Å²) in [4.78, 5) is 25.1. The highest BCUT2D eigenvalue weighted by Crippen LogP contribution is 2.33. The van der Waals surface area contributed by atoms with Crippen LogP contribution in [0.25, 0.3) is 0 Å². The molecule has 0 saturated carbocycles. The molecule has 2 amide bonds. The lowest BCUT2D eigenvalue weighted by Gasteiger charge is -2.24. The van der Waals surface area contributed by atoms with Crippen molar-refractivity contribution in [2.45, 2.75) is 26.4 Å². The molecule has 1 aromatic carbocycles. The highest BCUT2D eigenvalue weighted by Gasteiger charge is 2.44. The molecular weight excluding hydrogens is 256 g/mol. The van der Waals surface area contributed by atoms with E-state index < -0.39 is 6.09 Å². The second kappa shape index (κ2) is 6.05. The SMILES string of the molecule is CCC1(CN)CC(=O)N(C(=O)OCc2ccccc2)C1. The Morgan fingerprint density at radius 3 is 2.65 bits per heavy atom. The number of imide groups is 1. The molecule has 0 radical (unpaired) electrons. The van der Waals surface area contributed by atoms with Crippen LogP contribution in [-0.2, 0) is 16.1 Å². The Hall–Kier alpha value is -1.88. The van der Waals surface area contributed by atoms with Crippen molar-refractivity contribution in [2.75, 3.05) is 13.1 Å². The van der Waals surface area contributed by atoms with Crippen molar-refractivity contribution < 1.29 is 14.3 Å². The van der Waals surface area contributed by atoms with E-state index in [0.29, 0.717) is 19.5 Å². The molecule has 1 aliphatic rings. The molecule has 20 heavy (non-hydrogen) atoms. The van der Waals surface area contributed by atoms with Crippen LogP contribution in [0, 0.1) is 5.41 Å². The minimum atomic E-state index is -0.581. The molecule has 1 heterocycles. The molecule has 1 saturated heterocycles. The van der Waals surface area contributed by atoms with Crippen LogP contribution in [0.5, 0.6) is 0 Å². The summed E-state index contributed by atoms with van der Waals surface area (Å²) in [5, 5.41) is 0. The van der Waals surface area contributed by atoms with Gasteiger partial charge in [0.15, 0.2) is 0 Å². The first kappa shape index (κ1) is 14.5. The van der Waals surface area contributed by atoms with E-state index in [1.807, 2.05) is 37.3 Å². The summed E-state index contributed by atoms with van der Waals surface area (Å²) in [6, 6.07) is 9.39. The first-order valence-electron chi connectivity index (χ1n) is 6.81. The molecule has 1 fully saturated rings. The zero-order valence-corrected chi connectivity index (χ0v) is 11.7. The Bertz CT molecular complexity index is 483. The predicted molar refractivity (Wildman–Crippen MR) is 74.7 cm³/mol. The Balaban J connectivity index is 1.95. The third kappa shape index (κ3) is 2.99. The van der Waals surface area contributed by atoms with Crippen LogP contribution < -0.4 is 5.73 Å². The maximum atomic E-state index is 12.0. The van der Waals surface area contributed by atoms with Crippen LogP contribution in [-0.4, -0.2) is 30.0 Å². The number of carbonyl (C=O) groups excluding carboxylic acids is 2. The highest BCUT2D eigenvalue weighted by atomic mass is 16.6. The van der Waals surface area contributed by atoms with Gasteiger partial charge in [-0.15, -0.1) is 0 Å². The van der Waals surface area contributed by atoms with E-state index in [1.54, 1.807) is 0 Å². The third-order valence-electron chi connectivity index (χ3n) is 3.93. The van der Waals surface area contributed by atoms with Gasteiger partial charge in [-0.2, -0.15) is 0 Å². The first-order chi connectivity index (χ1) is 9.60. The van der Waals surface area contributed by atoms with Crippen molar-refractivity contribution in [3.8, 4) is 0 Å². The van der Waals surface area contributed by atoms with Gasteiger partial charge in [-0.3, -0.25) is 4.79 Å². The summed E-state index contributed by atoms with van der Waals surface area (Å²) in [6.07, 6.45) is 0.514. The molecule has 5 nitrogen and oxygen atoms in total. The van der Waals surface area contributed by atoms with Gasteiger partial charge in [0.05, 0.1) is 0 Å². The number of nitrogens with zero attached hydrogens (tertiary/aromatic N) is 1. The normalized spacial score (nSPS) is 22.1. The van der Waals surface area contributed by atoms with E-state index in [4.69, 9.17) is 10.5 Å². The van der Waals surface area contributed by atoms with Gasteiger partial charge in [0, 0.05) is 24.9 Å². The number of benzene rings is 1. The zero-order chi connectivity index (χ0) is 14.6. The quantitative estimate of drug-likeness (QED) is 0.911. The van der Waals surface area contributed by atoms with E-state index in [2.05, 4.69) is 0 Å². The zero-order valence-electron chi connectivity index (χ0n) is 11.7. The number of carbonyl (C=O) groups is 2. The Morgan fingerprint density at radius 2 is 2.10 bits per heavy atom. The highest BCUT2D eigenvalue weighted by molar-refractivity contribution is 5.94. The van der Waals surface area contributed by atoms with Crippen LogP contribution in [0.15, 0.2) is 30.3 Å². The average molecular weight is 276 g/mol. The first-order valence-corrected chi connectivity index (χ1v) is 6.81. The van der Waals surface area contributed by atoms with Crippen LogP contribution >= 0.6 is 0 Å². The van der Waals surface area contributed by atoms with E-state index in [9.17, 15) is 9.59 Å². The lowest BCUT2D eigenvalue weighted by atomic mass is 9.84. The monoisotopic (exact) mass is 276 g/mol. The molecule has 2 N–H and O–H groups in total. The van der Waals surface area contributed by atoms with Crippen molar-refractivity contribution >= 4 is 12.0 Å². The molecule has 2 rings (SSSR count). The minimum Gasteiger partial charge on any atom is -0.444 e. The van der Waals surface area contributed by atoms with E-state index in [-0.39, 0.29) is 17.9 Å². The van der Waals surface area contributed by atoms with E-state index in [0.717, 1.165) is 12.0 Å². The molecule has 5 heteroatoms. The van der Waals surface area contributed by atoms with Gasteiger partial charge in [-0.25, -0.2) is 9.69 Å². The number of hydrogen-bond donors (Lipinski definition) is 1. The average Bonchev–Trinajstić information content (AvgIpc) is 2.84. The summed E-state index contributed by atoms with van der Waals surface area (Å²) in [5.41, 5.74) is 6.35. The van der Waals surface area contributed by atoms with Crippen molar-refractivity contribution in [3.05, 3.63) is 35.9 Å². The number of likely N-dealkylation sites (tertiary alicyclic amines) is 1. The lowest BCUT2D eigenvalue weighted by Crippen LogP contribution is -2.37. The predicted octanol–water partition coefficient (Wildman–Crippen LogP) is 1.91. The Morgan fingerprint density at radius 1 is 1.40 bits per heavy atom. The van der Waals surface area contributed by atoms with Crippen LogP contribution in [0.1, 0.15) is 25.3 Å². The van der Waals surface area contributed by atoms with Crippen molar-refractivity contribution in [1.82, 2.24) is 4.90 Å². The van der Waals surface area contributed by atoms with Gasteiger partial charge in [0.25, 0.3) is 0 Å². The molecule has 0 aliphatic carbocycles. The van der Waals surface area contributed by atoms with Gasteiger partial charge in [0.2, 0.25) is 5.91 Å². The summed E-state index contributed by atoms with van der Waals surface area (Å²) < 4.78 is 5.19. The van der Waals surface area contributed by atoms with E-state index in [1.165, 1.54) is 4.90 Å². The molecule has 108 valence electrons. The lowest BCUT2D eigenvalue weighted by molar-refractivity contribution is -0.126. The summed E-state index contributed by atoms with van der Waals surface area (Å²) in [5.74, 6) is -0.199. The van der Waals surface area contributed by atoms with Gasteiger partial charge in [-0.1, -0.05) is 37.3 Å². The number of hydrogen-bond acceptors (Lipinski definition) is 4. The number of rotatable bonds is 4. The number of amides is 2. The molecule has 1 aromatic rings. The Labute approximate surface area is 118 Å². The molecule has 1 unspecified atom stereocenters. The number of nitrogens with two attached hydrogens (primary N) is 1. The smallest absolute Gasteiger partial charge is 0.416 e. The molecule has 0 spiro atoms. The fourth-order valence-corrected chi connectivity index (χ4v) is 2.38. The Kier molecular flexibility index (Phi) is 4.39. The topological polar surface area (TPSA) is 72.6 Å². The van der Waals surface area contributed by atoms with Crippen LogP contribution in [0.3, 0.4) is 0 Å². The number of ether oxygens (including phenoxy) is 1. The van der Waals surface area contributed by atoms with Gasteiger partial charge in [-0.05, 0) is 12.0 Å². The maximum absolute atomic E-state index is 12.0. The van der Waals surface area contributed by atoms with Gasteiger partial charge < -0.3 is 10.5 Å². The standard InChI is InChI=1S/C15H20N2O3/c1-2-15(10-16)8-13(18)17(11-15)14(19)20-9-12-6-4-3-5-7-12/h3-7H,2,8-11,16H2,1H3. The van der Waals surface area contributed by atoms with E-state index >= 15 is 0 Å². The fraction of sp³-hybridized carbons (Fsp3) is 0.467. The second-order valence-corrected chi connectivity index (χ2v) is 5.25. The van der Waals surface area contributed by atoms with Gasteiger partial charge >= 0.3 is 6.09 Å². The van der Waals surface area contributed by atoms with Gasteiger partial charge in [0.1, 0.15) is 6.61 Å². The minimum absolute atomic E-state index is 0.172. The largest absolute Gasteiger partial charge is 0.444 e. The maximum Gasteiger partial charge on any atom is 0.416 e. The van der Waals surface area contributed by atoms with Crippen LogP contribution in [0.4, 0.5) is 4.79 Å².